The molecule has 104 valence electrons. The normalized spacial score (nSPS) is 10.7. The summed E-state index contributed by atoms with van der Waals surface area (Å²) >= 11 is 0. The van der Waals surface area contributed by atoms with Crippen LogP contribution in [0.15, 0.2) is 18.0 Å². The number of pyridine rings is 1. The number of aromatic nitrogens is 1. The molecule has 0 spiro atoms. The molecule has 0 amide bonds. The maximum Gasteiger partial charge on any atom is 0.256 e. The van der Waals surface area contributed by atoms with Crippen LogP contribution in [0.4, 0.5) is 0 Å². The van der Waals surface area contributed by atoms with E-state index < -0.39 is 0 Å². The Labute approximate surface area is 115 Å². The maximum absolute atomic E-state index is 11.9. The van der Waals surface area contributed by atoms with E-state index in [0.717, 1.165) is 42.9 Å². The smallest absolute Gasteiger partial charge is 0.256 e. The molecule has 0 bridgehead atoms. The third-order valence-electron chi connectivity index (χ3n) is 3.39. The van der Waals surface area contributed by atoms with Crippen molar-refractivity contribution in [1.82, 2.24) is 9.88 Å². The Balaban J connectivity index is 3.29. The van der Waals surface area contributed by atoms with Crippen molar-refractivity contribution in [3.8, 4) is 0 Å². The lowest BCUT2D eigenvalue weighted by Crippen LogP contribution is -2.26. The fourth-order valence-corrected chi connectivity index (χ4v) is 2.33. The number of hydrogen-bond acceptors (Lipinski definition) is 2. The van der Waals surface area contributed by atoms with Crippen LogP contribution in [-0.2, 0) is 6.54 Å². The zero-order valence-corrected chi connectivity index (χ0v) is 12.3. The molecule has 1 N–H and O–H groups in total. The summed E-state index contributed by atoms with van der Waals surface area (Å²) < 4.78 is 0. The molecule has 0 radical (unpaired) electrons. The Morgan fingerprint density at radius 2 is 1.84 bits per heavy atom. The van der Waals surface area contributed by atoms with Gasteiger partial charge in [-0.25, -0.2) is 0 Å². The Bertz CT molecular complexity index is 514. The lowest BCUT2D eigenvalue weighted by atomic mass is 10.0. The van der Waals surface area contributed by atoms with Gasteiger partial charge in [-0.3, -0.25) is 9.69 Å². The zero-order valence-electron chi connectivity index (χ0n) is 12.3. The van der Waals surface area contributed by atoms with Gasteiger partial charge < -0.3 is 4.98 Å². The van der Waals surface area contributed by atoms with E-state index in [0.29, 0.717) is 5.56 Å². The van der Waals surface area contributed by atoms with E-state index in [2.05, 4.69) is 36.9 Å². The minimum atomic E-state index is -0.0929. The third-order valence-corrected chi connectivity index (χ3v) is 3.39. The SMILES string of the molecule is C=Cc1c(CN(CC)CCC)c(C)[nH]c(=O)c1C=C. The van der Waals surface area contributed by atoms with Gasteiger partial charge in [0, 0.05) is 17.8 Å². The van der Waals surface area contributed by atoms with E-state index in [1.54, 1.807) is 12.2 Å². The van der Waals surface area contributed by atoms with E-state index in [-0.39, 0.29) is 5.56 Å². The van der Waals surface area contributed by atoms with Crippen LogP contribution in [0.2, 0.25) is 0 Å². The second-order valence-corrected chi connectivity index (χ2v) is 4.66. The highest BCUT2D eigenvalue weighted by atomic mass is 16.1. The zero-order chi connectivity index (χ0) is 14.4. The largest absolute Gasteiger partial charge is 0.326 e. The van der Waals surface area contributed by atoms with Crippen LogP contribution in [0.25, 0.3) is 12.2 Å². The van der Waals surface area contributed by atoms with E-state index in [9.17, 15) is 4.79 Å². The first-order chi connectivity index (χ1) is 9.08. The van der Waals surface area contributed by atoms with Gasteiger partial charge in [0.25, 0.3) is 5.56 Å². The van der Waals surface area contributed by atoms with Gasteiger partial charge in [0.05, 0.1) is 0 Å². The second kappa shape index (κ2) is 7.10. The average molecular weight is 260 g/mol. The second-order valence-electron chi connectivity index (χ2n) is 4.66. The minimum Gasteiger partial charge on any atom is -0.326 e. The molecule has 0 aliphatic heterocycles. The van der Waals surface area contributed by atoms with E-state index in [1.165, 1.54) is 0 Å². The Morgan fingerprint density at radius 1 is 1.21 bits per heavy atom. The van der Waals surface area contributed by atoms with Crippen LogP contribution >= 0.6 is 0 Å². The van der Waals surface area contributed by atoms with Crippen molar-refractivity contribution in [3.05, 3.63) is 45.9 Å². The van der Waals surface area contributed by atoms with Crippen molar-refractivity contribution in [2.45, 2.75) is 33.7 Å². The molecule has 0 aromatic carbocycles. The summed E-state index contributed by atoms with van der Waals surface area (Å²) in [6.07, 6.45) is 4.48. The highest BCUT2D eigenvalue weighted by molar-refractivity contribution is 5.66. The van der Waals surface area contributed by atoms with Crippen LogP contribution in [0, 0.1) is 6.92 Å². The molecule has 1 aromatic rings. The molecule has 0 saturated heterocycles. The summed E-state index contributed by atoms with van der Waals surface area (Å²) in [5, 5.41) is 0. The summed E-state index contributed by atoms with van der Waals surface area (Å²) in [5.41, 5.74) is 3.48. The monoisotopic (exact) mass is 260 g/mol. The number of rotatable bonds is 7. The van der Waals surface area contributed by atoms with E-state index >= 15 is 0 Å². The van der Waals surface area contributed by atoms with Crippen molar-refractivity contribution in [2.75, 3.05) is 13.1 Å². The fourth-order valence-electron chi connectivity index (χ4n) is 2.33. The van der Waals surface area contributed by atoms with Crippen LogP contribution in [0.3, 0.4) is 0 Å². The van der Waals surface area contributed by atoms with Crippen LogP contribution in [0.1, 0.15) is 42.7 Å². The maximum atomic E-state index is 11.9. The van der Waals surface area contributed by atoms with Crippen LogP contribution in [0.5, 0.6) is 0 Å². The van der Waals surface area contributed by atoms with Gasteiger partial charge in [0.2, 0.25) is 0 Å². The molecular weight excluding hydrogens is 236 g/mol. The quantitative estimate of drug-likeness (QED) is 0.817. The number of nitrogens with one attached hydrogen (secondary N) is 1. The summed E-state index contributed by atoms with van der Waals surface area (Å²) in [7, 11) is 0. The molecule has 1 rings (SSSR count). The Kier molecular flexibility index (Phi) is 5.77. The molecule has 0 saturated carbocycles. The molecule has 19 heavy (non-hydrogen) atoms. The summed E-state index contributed by atoms with van der Waals surface area (Å²) in [5.74, 6) is 0. The fraction of sp³-hybridized carbons (Fsp3) is 0.438. The molecule has 0 fully saturated rings. The molecule has 3 heteroatoms. The van der Waals surface area contributed by atoms with Crippen LogP contribution < -0.4 is 5.56 Å². The van der Waals surface area contributed by atoms with Gasteiger partial charge in [-0.15, -0.1) is 0 Å². The van der Waals surface area contributed by atoms with Crippen molar-refractivity contribution in [3.63, 3.8) is 0 Å². The Hall–Kier alpha value is -1.61. The summed E-state index contributed by atoms with van der Waals surface area (Å²) in [6.45, 7) is 16.7. The highest BCUT2D eigenvalue weighted by Crippen LogP contribution is 2.19. The first-order valence-electron chi connectivity index (χ1n) is 6.81. The predicted molar refractivity (Wildman–Crippen MR) is 83.2 cm³/mol. The molecule has 1 heterocycles. The van der Waals surface area contributed by atoms with Crippen molar-refractivity contribution >= 4 is 12.2 Å². The third kappa shape index (κ3) is 3.44. The molecule has 0 atom stereocenters. The van der Waals surface area contributed by atoms with Gasteiger partial charge in [-0.05, 0) is 37.6 Å². The lowest BCUT2D eigenvalue weighted by Gasteiger charge is -2.22. The number of aryl methyl sites for hydroxylation is 1. The number of H-pyrrole nitrogens is 1. The molecular formula is C16H24N2O. The lowest BCUT2D eigenvalue weighted by molar-refractivity contribution is 0.279. The van der Waals surface area contributed by atoms with Crippen molar-refractivity contribution < 1.29 is 0 Å². The first-order valence-corrected chi connectivity index (χ1v) is 6.81. The highest BCUT2D eigenvalue weighted by Gasteiger charge is 2.13. The van der Waals surface area contributed by atoms with Gasteiger partial charge >= 0.3 is 0 Å². The van der Waals surface area contributed by atoms with E-state index in [4.69, 9.17) is 0 Å². The van der Waals surface area contributed by atoms with Crippen LogP contribution in [-0.4, -0.2) is 23.0 Å². The average Bonchev–Trinajstić information content (AvgIpc) is 2.40. The molecule has 0 aliphatic carbocycles. The first kappa shape index (κ1) is 15.4. The van der Waals surface area contributed by atoms with Gasteiger partial charge in [0.1, 0.15) is 0 Å². The van der Waals surface area contributed by atoms with E-state index in [1.807, 2.05) is 6.92 Å². The van der Waals surface area contributed by atoms with Crippen molar-refractivity contribution in [2.24, 2.45) is 0 Å². The summed E-state index contributed by atoms with van der Waals surface area (Å²) in [4.78, 5) is 17.2. The standard InChI is InChI=1S/C16H24N2O/c1-6-10-18(9-4)11-15-12(5)17-16(19)14(8-3)13(15)7-2/h7-8H,2-3,6,9-11H2,1,4-5H3,(H,17,19). The minimum absolute atomic E-state index is 0.0929. The van der Waals surface area contributed by atoms with Gasteiger partial charge in [0.15, 0.2) is 0 Å². The number of hydrogen-bond donors (Lipinski definition) is 1. The number of nitrogens with zero attached hydrogens (tertiary/aromatic N) is 1. The predicted octanol–water partition coefficient (Wildman–Crippen LogP) is 3.20. The Morgan fingerprint density at radius 3 is 2.32 bits per heavy atom. The van der Waals surface area contributed by atoms with Gasteiger partial charge in [-0.1, -0.05) is 39.2 Å². The molecule has 0 aliphatic rings. The molecule has 3 nitrogen and oxygen atoms in total. The molecule has 1 aromatic heterocycles. The van der Waals surface area contributed by atoms with Gasteiger partial charge in [-0.2, -0.15) is 0 Å². The molecule has 0 unspecified atom stereocenters. The van der Waals surface area contributed by atoms with Crippen molar-refractivity contribution in [1.29, 1.82) is 0 Å². The summed E-state index contributed by atoms with van der Waals surface area (Å²) in [6, 6.07) is 0. The topological polar surface area (TPSA) is 36.1 Å². The number of aromatic amines is 1.